The van der Waals surface area contributed by atoms with Gasteiger partial charge in [-0.1, -0.05) is 44.6 Å². The van der Waals surface area contributed by atoms with E-state index in [-0.39, 0.29) is 0 Å². The van der Waals surface area contributed by atoms with Gasteiger partial charge in [-0.15, -0.1) is 0 Å². The van der Waals surface area contributed by atoms with Gasteiger partial charge in [0.15, 0.2) is 0 Å². The fourth-order valence-corrected chi connectivity index (χ4v) is 1.53. The number of rotatable bonds is 10. The van der Waals surface area contributed by atoms with E-state index in [1.165, 1.54) is 19.3 Å². The van der Waals surface area contributed by atoms with E-state index in [0.29, 0.717) is 5.78 Å². The van der Waals surface area contributed by atoms with Crippen molar-refractivity contribution in [2.24, 2.45) is 0 Å². The Labute approximate surface area is 94.3 Å². The van der Waals surface area contributed by atoms with E-state index in [1.807, 2.05) is 12.2 Å². The van der Waals surface area contributed by atoms with Crippen molar-refractivity contribution >= 4 is 5.78 Å². The van der Waals surface area contributed by atoms with Crippen molar-refractivity contribution in [3.05, 3.63) is 24.8 Å². The zero-order chi connectivity index (χ0) is 11.4. The molecule has 0 bridgehead atoms. The van der Waals surface area contributed by atoms with Gasteiger partial charge in [-0.3, -0.25) is 4.79 Å². The van der Waals surface area contributed by atoms with Gasteiger partial charge in [0.1, 0.15) is 5.78 Å². The summed E-state index contributed by atoms with van der Waals surface area (Å²) in [6, 6.07) is 0. The molecule has 0 fully saturated rings. The molecule has 15 heavy (non-hydrogen) atoms. The Bertz CT molecular complexity index is 192. The van der Waals surface area contributed by atoms with Crippen molar-refractivity contribution in [3.63, 3.8) is 0 Å². The highest BCUT2D eigenvalue weighted by molar-refractivity contribution is 5.78. The van der Waals surface area contributed by atoms with Gasteiger partial charge in [0.2, 0.25) is 0 Å². The normalized spacial score (nSPS) is 10.7. The molecule has 0 radical (unpaired) electrons. The lowest BCUT2D eigenvalue weighted by atomic mass is 10.1. The molecule has 0 heterocycles. The molecule has 0 saturated carbocycles. The fourth-order valence-electron chi connectivity index (χ4n) is 1.53. The maximum Gasteiger partial charge on any atom is 0.132 e. The summed E-state index contributed by atoms with van der Waals surface area (Å²) in [5.74, 6) is 0.434. The Hall–Kier alpha value is -0.850. The maximum absolute atomic E-state index is 11.2. The minimum atomic E-state index is 0.434. The molecule has 0 amide bonds. The highest BCUT2D eigenvalue weighted by atomic mass is 16.1. The first-order chi connectivity index (χ1) is 7.31. The van der Waals surface area contributed by atoms with E-state index in [0.717, 1.165) is 32.1 Å². The van der Waals surface area contributed by atoms with Crippen LogP contribution in [0.1, 0.15) is 58.3 Å². The Morgan fingerprint density at radius 2 is 1.87 bits per heavy atom. The molecule has 0 aliphatic rings. The van der Waals surface area contributed by atoms with Gasteiger partial charge in [0.05, 0.1) is 0 Å². The maximum atomic E-state index is 11.2. The molecule has 0 rings (SSSR count). The lowest BCUT2D eigenvalue weighted by Crippen LogP contribution is -1.95. The number of allylic oxidation sites excluding steroid dienone is 3. The molecule has 0 aliphatic heterocycles. The summed E-state index contributed by atoms with van der Waals surface area (Å²) in [6.45, 7) is 5.68. The average Bonchev–Trinajstić information content (AvgIpc) is 2.22. The average molecular weight is 208 g/mol. The molecule has 1 heteroatoms. The standard InChI is InChI=1S/C14H24O/c1-3-5-6-7-8-9-10-11-13-14(15)12-4-2/h3,5-6H,1,4,7-13H2,2H3. The van der Waals surface area contributed by atoms with Crippen molar-refractivity contribution in [2.45, 2.75) is 58.3 Å². The minimum Gasteiger partial charge on any atom is -0.300 e. The molecule has 0 aromatic heterocycles. The Balaban J connectivity index is 3.14. The summed E-state index contributed by atoms with van der Waals surface area (Å²) < 4.78 is 0. The van der Waals surface area contributed by atoms with Crippen LogP contribution in [0.4, 0.5) is 0 Å². The number of ketones is 1. The predicted octanol–water partition coefficient (Wildman–Crippen LogP) is 4.44. The number of unbranched alkanes of at least 4 members (excludes halogenated alkanes) is 4. The van der Waals surface area contributed by atoms with Gasteiger partial charge in [-0.05, 0) is 25.7 Å². The van der Waals surface area contributed by atoms with Crippen LogP contribution in [0.2, 0.25) is 0 Å². The first-order valence-corrected chi connectivity index (χ1v) is 6.10. The molecule has 86 valence electrons. The quantitative estimate of drug-likeness (QED) is 0.383. The SMILES string of the molecule is C=CC=CCCCCCCC(=O)CCC. The summed E-state index contributed by atoms with van der Waals surface area (Å²) in [5.41, 5.74) is 0. The molecule has 0 aliphatic carbocycles. The molecule has 0 aromatic rings. The number of hydrogen-bond donors (Lipinski definition) is 0. The Morgan fingerprint density at radius 3 is 2.53 bits per heavy atom. The van der Waals surface area contributed by atoms with E-state index in [1.54, 1.807) is 0 Å². The van der Waals surface area contributed by atoms with Crippen LogP contribution in [0.3, 0.4) is 0 Å². The molecular weight excluding hydrogens is 184 g/mol. The van der Waals surface area contributed by atoms with Gasteiger partial charge in [0, 0.05) is 12.8 Å². The summed E-state index contributed by atoms with van der Waals surface area (Å²) >= 11 is 0. The lowest BCUT2D eigenvalue weighted by Gasteiger charge is -1.99. The van der Waals surface area contributed by atoms with E-state index in [4.69, 9.17) is 0 Å². The molecule has 1 nitrogen and oxygen atoms in total. The van der Waals surface area contributed by atoms with Crippen molar-refractivity contribution in [3.8, 4) is 0 Å². The number of carbonyl (C=O) groups excluding carboxylic acids is 1. The molecule has 0 N–H and O–H groups in total. The third-order valence-electron chi connectivity index (χ3n) is 2.38. The van der Waals surface area contributed by atoms with Gasteiger partial charge in [-0.2, -0.15) is 0 Å². The first kappa shape index (κ1) is 14.2. The van der Waals surface area contributed by atoms with Crippen molar-refractivity contribution in [1.29, 1.82) is 0 Å². The Morgan fingerprint density at radius 1 is 1.13 bits per heavy atom. The minimum absolute atomic E-state index is 0.434. The highest BCUT2D eigenvalue weighted by Gasteiger charge is 1.98. The topological polar surface area (TPSA) is 17.1 Å². The lowest BCUT2D eigenvalue weighted by molar-refractivity contribution is -0.119. The molecular formula is C14H24O. The zero-order valence-corrected chi connectivity index (χ0v) is 10.0. The van der Waals surface area contributed by atoms with Gasteiger partial charge in [0.25, 0.3) is 0 Å². The smallest absolute Gasteiger partial charge is 0.132 e. The van der Waals surface area contributed by atoms with Crippen molar-refractivity contribution < 1.29 is 4.79 Å². The van der Waals surface area contributed by atoms with Crippen LogP contribution in [0.15, 0.2) is 24.8 Å². The summed E-state index contributed by atoms with van der Waals surface area (Å²) in [4.78, 5) is 11.2. The third-order valence-corrected chi connectivity index (χ3v) is 2.38. The van der Waals surface area contributed by atoms with Crippen LogP contribution in [-0.4, -0.2) is 5.78 Å². The monoisotopic (exact) mass is 208 g/mol. The van der Waals surface area contributed by atoms with Gasteiger partial charge in [-0.25, -0.2) is 0 Å². The van der Waals surface area contributed by atoms with E-state index >= 15 is 0 Å². The molecule has 0 spiro atoms. The van der Waals surface area contributed by atoms with Crippen LogP contribution in [-0.2, 0) is 4.79 Å². The number of hydrogen-bond acceptors (Lipinski definition) is 1. The molecule has 0 unspecified atom stereocenters. The van der Waals surface area contributed by atoms with Crippen LogP contribution in [0.5, 0.6) is 0 Å². The first-order valence-electron chi connectivity index (χ1n) is 6.10. The van der Waals surface area contributed by atoms with Crippen molar-refractivity contribution in [2.75, 3.05) is 0 Å². The van der Waals surface area contributed by atoms with E-state index in [2.05, 4.69) is 19.6 Å². The van der Waals surface area contributed by atoms with Gasteiger partial charge >= 0.3 is 0 Å². The number of Topliss-reactive ketones (excluding diaryl/α,β-unsaturated/α-hetero) is 1. The van der Waals surface area contributed by atoms with Crippen LogP contribution in [0, 0.1) is 0 Å². The molecule has 0 atom stereocenters. The largest absolute Gasteiger partial charge is 0.300 e. The molecule has 0 saturated heterocycles. The predicted molar refractivity (Wildman–Crippen MR) is 67.0 cm³/mol. The third kappa shape index (κ3) is 11.1. The summed E-state index contributed by atoms with van der Waals surface area (Å²) in [5, 5.41) is 0. The summed E-state index contributed by atoms with van der Waals surface area (Å²) in [7, 11) is 0. The second kappa shape index (κ2) is 11.2. The fraction of sp³-hybridized carbons (Fsp3) is 0.643. The van der Waals surface area contributed by atoms with Gasteiger partial charge < -0.3 is 0 Å². The number of carbonyl (C=O) groups is 1. The summed E-state index contributed by atoms with van der Waals surface area (Å²) in [6.07, 6.45) is 14.4. The molecule has 0 aromatic carbocycles. The van der Waals surface area contributed by atoms with Crippen molar-refractivity contribution in [1.82, 2.24) is 0 Å². The second-order valence-corrected chi connectivity index (χ2v) is 3.91. The Kier molecular flexibility index (Phi) is 10.6. The second-order valence-electron chi connectivity index (χ2n) is 3.91. The van der Waals surface area contributed by atoms with Crippen LogP contribution >= 0.6 is 0 Å². The van der Waals surface area contributed by atoms with Crippen LogP contribution in [0.25, 0.3) is 0 Å². The van der Waals surface area contributed by atoms with E-state index < -0.39 is 0 Å². The highest BCUT2D eigenvalue weighted by Crippen LogP contribution is 2.07. The van der Waals surface area contributed by atoms with E-state index in [9.17, 15) is 4.79 Å². The van der Waals surface area contributed by atoms with Crippen LogP contribution < -0.4 is 0 Å². The zero-order valence-electron chi connectivity index (χ0n) is 10.0.